The Morgan fingerprint density at radius 2 is 2.04 bits per heavy atom. The molecule has 1 fully saturated rings. The summed E-state index contributed by atoms with van der Waals surface area (Å²) in [7, 11) is 1.77. The van der Waals surface area contributed by atoms with Crippen LogP contribution in [0.5, 0.6) is 0 Å². The number of aliphatic imine (C=N–C) groups is 1. The first-order chi connectivity index (χ1) is 12.7. The number of ether oxygens (including phenoxy) is 1. The summed E-state index contributed by atoms with van der Waals surface area (Å²) < 4.78 is 18.8. The van der Waals surface area contributed by atoms with Crippen molar-refractivity contribution >= 4 is 17.7 Å². The SMILES string of the molecule is CN=C(NCCCCN1CCOCC1)NCc1ccc(F)cc1CSC. The summed E-state index contributed by atoms with van der Waals surface area (Å²) in [5.41, 5.74) is 2.14. The standard InChI is InChI=1S/C19H31FN4OS/c1-21-19(22-7-3-4-8-24-9-11-25-12-10-24)23-14-16-5-6-18(20)13-17(16)15-26-2/h5-6,13H,3-4,7-12,14-15H2,1-2H3,(H2,21,22,23). The van der Waals surface area contributed by atoms with Gasteiger partial charge in [0.05, 0.1) is 13.2 Å². The van der Waals surface area contributed by atoms with Gasteiger partial charge in [-0.1, -0.05) is 6.07 Å². The van der Waals surface area contributed by atoms with Gasteiger partial charge in [-0.15, -0.1) is 0 Å². The maximum atomic E-state index is 13.4. The van der Waals surface area contributed by atoms with E-state index in [0.717, 1.165) is 68.7 Å². The Labute approximate surface area is 160 Å². The first-order valence-corrected chi connectivity index (χ1v) is 10.6. The summed E-state index contributed by atoms with van der Waals surface area (Å²) >= 11 is 1.70. The van der Waals surface area contributed by atoms with Crippen molar-refractivity contribution in [3.8, 4) is 0 Å². The van der Waals surface area contributed by atoms with E-state index < -0.39 is 0 Å². The van der Waals surface area contributed by atoms with Gasteiger partial charge in [0.15, 0.2) is 5.96 Å². The number of nitrogens with one attached hydrogen (secondary N) is 2. The molecule has 0 bridgehead atoms. The maximum absolute atomic E-state index is 13.4. The highest BCUT2D eigenvalue weighted by Gasteiger charge is 2.09. The number of rotatable bonds is 9. The third-order valence-corrected chi connectivity index (χ3v) is 5.03. The van der Waals surface area contributed by atoms with Crippen molar-refractivity contribution < 1.29 is 9.13 Å². The lowest BCUT2D eigenvalue weighted by atomic mass is 10.1. The van der Waals surface area contributed by atoms with Gasteiger partial charge >= 0.3 is 0 Å². The molecule has 0 aromatic heterocycles. The van der Waals surface area contributed by atoms with Crippen molar-refractivity contribution in [1.29, 1.82) is 0 Å². The number of halogens is 1. The normalized spacial score (nSPS) is 15.9. The number of unbranched alkanes of at least 4 members (excludes halogenated alkanes) is 1. The predicted molar refractivity (Wildman–Crippen MR) is 108 cm³/mol. The third-order valence-electron chi connectivity index (χ3n) is 4.44. The van der Waals surface area contributed by atoms with E-state index in [9.17, 15) is 4.39 Å². The Bertz CT molecular complexity index is 564. The quantitative estimate of drug-likeness (QED) is 0.390. The fourth-order valence-corrected chi connectivity index (χ4v) is 3.53. The third kappa shape index (κ3) is 7.51. The van der Waals surface area contributed by atoms with Gasteiger partial charge in [0, 0.05) is 39.0 Å². The summed E-state index contributed by atoms with van der Waals surface area (Å²) in [5, 5.41) is 6.68. The van der Waals surface area contributed by atoms with Crippen LogP contribution < -0.4 is 10.6 Å². The maximum Gasteiger partial charge on any atom is 0.191 e. The topological polar surface area (TPSA) is 48.9 Å². The van der Waals surface area contributed by atoms with Gasteiger partial charge in [-0.3, -0.25) is 9.89 Å². The van der Waals surface area contributed by atoms with E-state index in [1.54, 1.807) is 24.9 Å². The average molecular weight is 383 g/mol. The molecule has 1 saturated heterocycles. The Hall–Kier alpha value is -1.31. The minimum absolute atomic E-state index is 0.180. The largest absolute Gasteiger partial charge is 0.379 e. The van der Waals surface area contributed by atoms with Crippen molar-refractivity contribution in [2.24, 2.45) is 4.99 Å². The predicted octanol–water partition coefficient (Wildman–Crippen LogP) is 2.47. The van der Waals surface area contributed by atoms with Gasteiger partial charge in [-0.2, -0.15) is 11.8 Å². The second-order valence-electron chi connectivity index (χ2n) is 6.36. The minimum Gasteiger partial charge on any atom is -0.379 e. The number of morpholine rings is 1. The summed E-state index contributed by atoms with van der Waals surface area (Å²) in [6, 6.07) is 4.99. The lowest BCUT2D eigenvalue weighted by molar-refractivity contribution is 0.0372. The molecule has 1 aliphatic rings. The molecule has 0 unspecified atom stereocenters. The number of thioether (sulfide) groups is 1. The fourth-order valence-electron chi connectivity index (χ4n) is 2.95. The van der Waals surface area contributed by atoms with Gasteiger partial charge in [0.25, 0.3) is 0 Å². The van der Waals surface area contributed by atoms with Gasteiger partial charge in [0.1, 0.15) is 5.82 Å². The number of benzene rings is 1. The Morgan fingerprint density at radius 1 is 1.23 bits per heavy atom. The molecule has 0 saturated carbocycles. The minimum atomic E-state index is -0.180. The van der Waals surface area contributed by atoms with E-state index in [1.807, 2.05) is 12.3 Å². The van der Waals surface area contributed by atoms with Crippen LogP contribution in [0.3, 0.4) is 0 Å². The molecule has 7 heteroatoms. The molecular weight excluding hydrogens is 351 g/mol. The van der Waals surface area contributed by atoms with Gasteiger partial charge < -0.3 is 15.4 Å². The van der Waals surface area contributed by atoms with Crippen LogP contribution in [0, 0.1) is 5.82 Å². The van der Waals surface area contributed by atoms with E-state index in [0.29, 0.717) is 6.54 Å². The zero-order valence-electron chi connectivity index (χ0n) is 15.9. The molecule has 2 rings (SSSR count). The highest BCUT2D eigenvalue weighted by Crippen LogP contribution is 2.16. The summed E-state index contributed by atoms with van der Waals surface area (Å²) in [5.74, 6) is 1.42. The number of nitrogens with zero attached hydrogens (tertiary/aromatic N) is 2. The van der Waals surface area contributed by atoms with E-state index in [-0.39, 0.29) is 5.82 Å². The monoisotopic (exact) mass is 382 g/mol. The Kier molecular flexibility index (Phi) is 9.81. The molecular formula is C19H31FN4OS. The molecule has 1 heterocycles. The molecule has 2 N–H and O–H groups in total. The van der Waals surface area contributed by atoms with Crippen molar-refractivity contribution in [1.82, 2.24) is 15.5 Å². The van der Waals surface area contributed by atoms with Gasteiger partial charge in [-0.25, -0.2) is 4.39 Å². The van der Waals surface area contributed by atoms with Gasteiger partial charge in [0.2, 0.25) is 0 Å². The highest BCUT2D eigenvalue weighted by atomic mass is 32.2. The van der Waals surface area contributed by atoms with Crippen LogP contribution in [0.4, 0.5) is 4.39 Å². The first-order valence-electron chi connectivity index (χ1n) is 9.24. The molecule has 146 valence electrons. The van der Waals surface area contributed by atoms with E-state index in [4.69, 9.17) is 4.74 Å². The van der Waals surface area contributed by atoms with Crippen LogP contribution in [-0.4, -0.2) is 63.6 Å². The second-order valence-corrected chi connectivity index (χ2v) is 7.23. The first kappa shape index (κ1) is 21.0. The van der Waals surface area contributed by atoms with Crippen LogP contribution in [-0.2, 0) is 17.0 Å². The van der Waals surface area contributed by atoms with Gasteiger partial charge in [-0.05, 0) is 48.9 Å². The van der Waals surface area contributed by atoms with Crippen molar-refractivity contribution in [2.75, 3.05) is 52.7 Å². The highest BCUT2D eigenvalue weighted by molar-refractivity contribution is 7.97. The Balaban J connectivity index is 1.67. The summed E-state index contributed by atoms with van der Waals surface area (Å²) in [4.78, 5) is 6.73. The molecule has 0 spiro atoms. The lowest BCUT2D eigenvalue weighted by Gasteiger charge is -2.26. The molecule has 1 aromatic rings. The van der Waals surface area contributed by atoms with Crippen LogP contribution >= 0.6 is 11.8 Å². The average Bonchev–Trinajstić information content (AvgIpc) is 2.66. The smallest absolute Gasteiger partial charge is 0.191 e. The molecule has 0 atom stereocenters. The zero-order chi connectivity index (χ0) is 18.6. The lowest BCUT2D eigenvalue weighted by Crippen LogP contribution is -2.38. The number of hydrogen-bond donors (Lipinski definition) is 2. The Morgan fingerprint density at radius 3 is 2.77 bits per heavy atom. The van der Waals surface area contributed by atoms with Crippen LogP contribution in [0.1, 0.15) is 24.0 Å². The van der Waals surface area contributed by atoms with E-state index in [2.05, 4.69) is 20.5 Å². The molecule has 0 amide bonds. The molecule has 0 radical (unpaired) electrons. The molecule has 1 aliphatic heterocycles. The van der Waals surface area contributed by atoms with Crippen LogP contribution in [0.15, 0.2) is 23.2 Å². The van der Waals surface area contributed by atoms with Crippen molar-refractivity contribution in [3.05, 3.63) is 35.1 Å². The van der Waals surface area contributed by atoms with Crippen LogP contribution in [0.25, 0.3) is 0 Å². The summed E-state index contributed by atoms with van der Waals surface area (Å²) in [6.45, 7) is 6.48. The van der Waals surface area contributed by atoms with Crippen molar-refractivity contribution in [2.45, 2.75) is 25.1 Å². The van der Waals surface area contributed by atoms with E-state index >= 15 is 0 Å². The second kappa shape index (κ2) is 12.1. The molecule has 26 heavy (non-hydrogen) atoms. The van der Waals surface area contributed by atoms with Crippen LogP contribution in [0.2, 0.25) is 0 Å². The number of guanidine groups is 1. The number of hydrogen-bond acceptors (Lipinski definition) is 4. The van der Waals surface area contributed by atoms with Crippen molar-refractivity contribution in [3.63, 3.8) is 0 Å². The zero-order valence-corrected chi connectivity index (χ0v) is 16.7. The molecule has 5 nitrogen and oxygen atoms in total. The summed E-state index contributed by atoms with van der Waals surface area (Å²) in [6.07, 6.45) is 4.30. The molecule has 0 aliphatic carbocycles. The van der Waals surface area contributed by atoms with E-state index in [1.165, 1.54) is 12.5 Å². The molecule has 1 aromatic carbocycles. The fraction of sp³-hybridized carbons (Fsp3) is 0.632.